The van der Waals surface area contributed by atoms with Gasteiger partial charge in [0.25, 0.3) is 10.0 Å². The molecule has 0 saturated heterocycles. The number of nitrogens with zero attached hydrogens (tertiary/aromatic N) is 2. The Morgan fingerprint density at radius 2 is 1.56 bits per heavy atom. The molecule has 5 rings (SSSR count). The van der Waals surface area contributed by atoms with Gasteiger partial charge in [0.05, 0.1) is 28.2 Å². The van der Waals surface area contributed by atoms with Crippen molar-refractivity contribution in [2.75, 3.05) is 11.3 Å². The molecular weight excluding hydrogens is 530 g/mol. The van der Waals surface area contributed by atoms with Gasteiger partial charge in [-0.05, 0) is 48.9 Å². The van der Waals surface area contributed by atoms with E-state index in [1.165, 1.54) is 12.1 Å². The topological polar surface area (TPSA) is 73.2 Å². The maximum atomic E-state index is 13.3. The maximum absolute atomic E-state index is 13.3. The van der Waals surface area contributed by atoms with Crippen LogP contribution in [0.2, 0.25) is 5.02 Å². The second kappa shape index (κ2) is 11.9. The van der Waals surface area contributed by atoms with E-state index in [-0.39, 0.29) is 4.90 Å². The minimum atomic E-state index is -3.89. The Morgan fingerprint density at radius 1 is 0.872 bits per heavy atom. The number of sulfonamides is 1. The molecule has 8 heteroatoms. The molecule has 0 radical (unpaired) electrons. The Labute approximate surface area is 234 Å². The normalized spacial score (nSPS) is 11.5. The fraction of sp³-hybridized carbons (Fsp3) is 0.194. The number of ether oxygens (including phenoxy) is 1. The molecule has 0 aliphatic carbocycles. The highest BCUT2D eigenvalue weighted by Crippen LogP contribution is 2.36. The summed E-state index contributed by atoms with van der Waals surface area (Å²) in [5, 5.41) is 0.464. The molecule has 5 aromatic rings. The Hall–Kier alpha value is -3.81. The molecule has 0 fully saturated rings. The van der Waals surface area contributed by atoms with E-state index >= 15 is 0 Å². The lowest BCUT2D eigenvalue weighted by Crippen LogP contribution is -2.14. The third-order valence-corrected chi connectivity index (χ3v) is 8.06. The van der Waals surface area contributed by atoms with E-state index in [0.717, 1.165) is 48.3 Å². The van der Waals surface area contributed by atoms with E-state index < -0.39 is 10.0 Å². The van der Waals surface area contributed by atoms with E-state index in [1.54, 1.807) is 18.2 Å². The van der Waals surface area contributed by atoms with E-state index in [9.17, 15) is 8.42 Å². The summed E-state index contributed by atoms with van der Waals surface area (Å²) in [6.45, 7) is 2.64. The quantitative estimate of drug-likeness (QED) is 0.166. The van der Waals surface area contributed by atoms with Gasteiger partial charge in [0.1, 0.15) is 11.6 Å². The number of anilines is 1. The SMILES string of the molecule is CCCCCCOc1cc2c(cc1NS(=O)(=O)c1ccc(Cl)cc1)nc(-c1ccccc1)n2-c1ccccc1. The molecule has 0 amide bonds. The summed E-state index contributed by atoms with van der Waals surface area (Å²) in [4.78, 5) is 5.06. The average Bonchev–Trinajstić information content (AvgIpc) is 3.32. The van der Waals surface area contributed by atoms with Crippen LogP contribution in [0.25, 0.3) is 28.1 Å². The zero-order valence-electron chi connectivity index (χ0n) is 21.7. The smallest absolute Gasteiger partial charge is 0.262 e. The van der Waals surface area contributed by atoms with Crippen LogP contribution >= 0.6 is 11.6 Å². The van der Waals surface area contributed by atoms with Crippen LogP contribution in [0.4, 0.5) is 5.69 Å². The summed E-state index contributed by atoms with van der Waals surface area (Å²) in [5.41, 5.74) is 3.69. The van der Waals surface area contributed by atoms with Crippen molar-refractivity contribution >= 4 is 38.3 Å². The molecule has 0 bridgehead atoms. The first kappa shape index (κ1) is 26.8. The molecule has 6 nitrogen and oxygen atoms in total. The first-order valence-electron chi connectivity index (χ1n) is 13.0. The molecule has 4 aromatic carbocycles. The lowest BCUT2D eigenvalue weighted by atomic mass is 10.2. The lowest BCUT2D eigenvalue weighted by Gasteiger charge is -2.15. The van der Waals surface area contributed by atoms with E-state index in [0.29, 0.717) is 28.6 Å². The molecule has 1 aromatic heterocycles. The van der Waals surface area contributed by atoms with Crippen molar-refractivity contribution in [3.8, 4) is 22.8 Å². The molecule has 0 saturated carbocycles. The number of imidazole rings is 1. The van der Waals surface area contributed by atoms with Crippen molar-refractivity contribution in [1.29, 1.82) is 0 Å². The van der Waals surface area contributed by atoms with Crippen molar-refractivity contribution in [1.82, 2.24) is 9.55 Å². The highest BCUT2D eigenvalue weighted by Gasteiger charge is 2.21. The number of aromatic nitrogens is 2. The number of rotatable bonds is 11. The summed E-state index contributed by atoms with van der Waals surface area (Å²) >= 11 is 5.98. The zero-order valence-corrected chi connectivity index (χ0v) is 23.3. The number of nitrogens with one attached hydrogen (secondary N) is 1. The number of hydrogen-bond acceptors (Lipinski definition) is 4. The summed E-state index contributed by atoms with van der Waals surface area (Å²) in [5.74, 6) is 1.21. The van der Waals surface area contributed by atoms with Crippen LogP contribution in [0, 0.1) is 0 Å². The third kappa shape index (κ3) is 6.10. The minimum Gasteiger partial charge on any atom is -0.491 e. The monoisotopic (exact) mass is 559 g/mol. The molecule has 0 spiro atoms. The summed E-state index contributed by atoms with van der Waals surface area (Å²) in [6, 6.07) is 29.6. The Bertz CT molecular complexity index is 1650. The molecule has 0 aliphatic heterocycles. The fourth-order valence-electron chi connectivity index (χ4n) is 4.45. The van der Waals surface area contributed by atoms with Crippen molar-refractivity contribution in [3.05, 3.63) is 102 Å². The molecule has 0 aliphatic rings. The molecule has 1 heterocycles. The standard InChI is InChI=1S/C31H30ClN3O3S/c1-2-3-4-11-20-38-30-22-29-27(21-28(30)34-39(36,37)26-18-16-24(32)17-19-26)33-31(23-12-7-5-8-13-23)35(29)25-14-9-6-10-15-25/h5-10,12-19,21-22,34H,2-4,11,20H2,1H3. The summed E-state index contributed by atoms with van der Waals surface area (Å²) < 4.78 is 37.6. The van der Waals surface area contributed by atoms with Crippen molar-refractivity contribution in [2.45, 2.75) is 37.5 Å². The highest BCUT2D eigenvalue weighted by molar-refractivity contribution is 7.92. The molecule has 1 N–H and O–H groups in total. The van der Waals surface area contributed by atoms with Crippen LogP contribution in [0.3, 0.4) is 0 Å². The van der Waals surface area contributed by atoms with Gasteiger partial charge in [0, 0.05) is 22.3 Å². The average molecular weight is 560 g/mol. The van der Waals surface area contributed by atoms with Crippen molar-refractivity contribution in [2.24, 2.45) is 0 Å². The third-order valence-electron chi connectivity index (χ3n) is 6.43. The van der Waals surface area contributed by atoms with E-state index in [1.807, 2.05) is 66.7 Å². The van der Waals surface area contributed by atoms with E-state index in [4.69, 9.17) is 21.3 Å². The van der Waals surface area contributed by atoms with Crippen LogP contribution in [0.15, 0.2) is 102 Å². The van der Waals surface area contributed by atoms with E-state index in [2.05, 4.69) is 16.2 Å². The van der Waals surface area contributed by atoms with Gasteiger partial charge in [0.15, 0.2) is 0 Å². The molecule has 0 unspecified atom stereocenters. The van der Waals surface area contributed by atoms with Crippen LogP contribution in [-0.4, -0.2) is 24.6 Å². The predicted octanol–water partition coefficient (Wildman–Crippen LogP) is 8.11. The van der Waals surface area contributed by atoms with Crippen molar-refractivity contribution < 1.29 is 13.2 Å². The second-order valence-electron chi connectivity index (χ2n) is 9.28. The van der Waals surface area contributed by atoms with Gasteiger partial charge in [0.2, 0.25) is 0 Å². The number of unbranched alkanes of at least 4 members (excludes halogenated alkanes) is 3. The van der Waals surface area contributed by atoms with Gasteiger partial charge >= 0.3 is 0 Å². The Balaban J connectivity index is 1.63. The van der Waals surface area contributed by atoms with Crippen molar-refractivity contribution in [3.63, 3.8) is 0 Å². The van der Waals surface area contributed by atoms with Crippen LogP contribution in [0.5, 0.6) is 5.75 Å². The van der Waals surface area contributed by atoms with Gasteiger partial charge in [-0.25, -0.2) is 13.4 Å². The number of para-hydroxylation sites is 1. The molecule has 39 heavy (non-hydrogen) atoms. The molecular formula is C31H30ClN3O3S. The van der Waals surface area contributed by atoms with Crippen LogP contribution in [0.1, 0.15) is 32.6 Å². The summed E-state index contributed by atoms with van der Waals surface area (Å²) in [6.07, 6.45) is 4.17. The zero-order chi connectivity index (χ0) is 27.2. The van der Waals surface area contributed by atoms with Gasteiger partial charge in [-0.2, -0.15) is 0 Å². The maximum Gasteiger partial charge on any atom is 0.262 e. The largest absolute Gasteiger partial charge is 0.491 e. The lowest BCUT2D eigenvalue weighted by molar-refractivity contribution is 0.307. The number of benzene rings is 4. The summed E-state index contributed by atoms with van der Waals surface area (Å²) in [7, 11) is -3.89. The number of fused-ring (bicyclic) bond motifs is 1. The fourth-order valence-corrected chi connectivity index (χ4v) is 5.64. The van der Waals surface area contributed by atoms with Crippen LogP contribution < -0.4 is 9.46 Å². The first-order chi connectivity index (χ1) is 19.0. The number of hydrogen-bond donors (Lipinski definition) is 1. The molecule has 0 atom stereocenters. The molecule has 200 valence electrons. The van der Waals surface area contributed by atoms with Gasteiger partial charge < -0.3 is 4.74 Å². The Morgan fingerprint density at radius 3 is 2.26 bits per heavy atom. The highest BCUT2D eigenvalue weighted by atomic mass is 35.5. The van der Waals surface area contributed by atoms with Gasteiger partial charge in [-0.15, -0.1) is 0 Å². The first-order valence-corrected chi connectivity index (χ1v) is 14.9. The van der Waals surface area contributed by atoms with Gasteiger partial charge in [-0.1, -0.05) is 86.3 Å². The minimum absolute atomic E-state index is 0.112. The predicted molar refractivity (Wildman–Crippen MR) is 158 cm³/mol. The Kier molecular flexibility index (Phi) is 8.19. The van der Waals surface area contributed by atoms with Gasteiger partial charge in [-0.3, -0.25) is 9.29 Å². The second-order valence-corrected chi connectivity index (χ2v) is 11.4. The van der Waals surface area contributed by atoms with Crippen LogP contribution in [-0.2, 0) is 10.0 Å². The number of halogens is 1.